The number of likely N-dealkylation sites (tertiary alicyclic amines) is 1. The molecular formula is C18H22F3N5O4. The molecule has 3 heterocycles. The highest BCUT2D eigenvalue weighted by atomic mass is 19.4. The molecule has 0 saturated carbocycles. The number of hydrogen-bond donors (Lipinski definition) is 1. The summed E-state index contributed by atoms with van der Waals surface area (Å²) in [6.45, 7) is 0.856. The fraction of sp³-hybridized carbons (Fsp3) is 0.556. The molecule has 164 valence electrons. The second kappa shape index (κ2) is 8.86. The van der Waals surface area contributed by atoms with Crippen molar-refractivity contribution in [2.45, 2.75) is 38.1 Å². The number of hydrogen-bond acceptors (Lipinski definition) is 7. The summed E-state index contributed by atoms with van der Waals surface area (Å²) in [5, 5.41) is 12.9. The van der Waals surface area contributed by atoms with Crippen LogP contribution in [0.2, 0.25) is 0 Å². The van der Waals surface area contributed by atoms with Gasteiger partial charge in [-0.1, -0.05) is 0 Å². The second-order valence-electron chi connectivity index (χ2n) is 6.93. The molecule has 30 heavy (non-hydrogen) atoms. The van der Waals surface area contributed by atoms with E-state index in [0.717, 1.165) is 16.2 Å². The number of ether oxygens (including phenoxy) is 2. The van der Waals surface area contributed by atoms with Crippen molar-refractivity contribution in [1.29, 1.82) is 0 Å². The molecule has 0 aliphatic carbocycles. The number of aryl methyl sites for hydroxylation is 2. The zero-order valence-electron chi connectivity index (χ0n) is 16.5. The molecule has 0 radical (unpaired) electrons. The number of halogens is 3. The molecule has 0 aromatic carbocycles. The molecule has 1 N–H and O–H groups in total. The predicted octanol–water partition coefficient (Wildman–Crippen LogP) is 2.09. The number of amides is 1. The molecule has 1 aliphatic rings. The summed E-state index contributed by atoms with van der Waals surface area (Å²) >= 11 is 0. The average Bonchev–Trinajstić information content (AvgIpc) is 3.12. The fourth-order valence-corrected chi connectivity index (χ4v) is 3.06. The van der Waals surface area contributed by atoms with E-state index in [1.54, 1.807) is 24.1 Å². The molecular weight excluding hydrogens is 407 g/mol. The van der Waals surface area contributed by atoms with Gasteiger partial charge in [0.1, 0.15) is 6.10 Å². The zero-order chi connectivity index (χ0) is 21.9. The number of alkyl halides is 3. The van der Waals surface area contributed by atoms with Gasteiger partial charge in [0.25, 0.3) is 0 Å². The minimum atomic E-state index is -4.82. The highest BCUT2D eigenvalue weighted by Gasteiger charge is 2.43. The van der Waals surface area contributed by atoms with E-state index in [1.807, 2.05) is 13.0 Å². The van der Waals surface area contributed by atoms with Gasteiger partial charge in [-0.2, -0.15) is 23.3 Å². The van der Waals surface area contributed by atoms with Gasteiger partial charge in [0.2, 0.25) is 6.10 Å². The Kier molecular flexibility index (Phi) is 6.44. The van der Waals surface area contributed by atoms with Crippen LogP contribution in [0.5, 0.6) is 6.01 Å². The van der Waals surface area contributed by atoms with Crippen molar-refractivity contribution >= 4 is 6.09 Å². The molecule has 2 aromatic heterocycles. The Hall–Kier alpha value is -2.89. The predicted molar refractivity (Wildman–Crippen MR) is 97.6 cm³/mol. The van der Waals surface area contributed by atoms with Gasteiger partial charge in [0.05, 0.1) is 18.0 Å². The number of carbonyl (C=O) groups is 1. The van der Waals surface area contributed by atoms with E-state index >= 15 is 0 Å². The highest BCUT2D eigenvalue weighted by molar-refractivity contribution is 5.68. The molecule has 3 rings (SSSR count). The highest BCUT2D eigenvalue weighted by Crippen LogP contribution is 2.25. The maximum Gasteiger partial charge on any atom is 0.427 e. The maximum absolute atomic E-state index is 12.6. The molecule has 1 fully saturated rings. The van der Waals surface area contributed by atoms with E-state index in [-0.39, 0.29) is 25.2 Å². The summed E-state index contributed by atoms with van der Waals surface area (Å²) < 4.78 is 49.8. The van der Waals surface area contributed by atoms with Gasteiger partial charge in [-0.3, -0.25) is 4.68 Å². The molecule has 0 bridgehead atoms. The Morgan fingerprint density at radius 2 is 2.07 bits per heavy atom. The Labute approximate surface area is 170 Å². The molecule has 1 amide bonds. The normalized spacial score (nSPS) is 16.4. The monoisotopic (exact) mass is 429 g/mol. The molecule has 9 nitrogen and oxygen atoms in total. The third-order valence-electron chi connectivity index (χ3n) is 4.76. The van der Waals surface area contributed by atoms with Gasteiger partial charge in [-0.15, -0.1) is 0 Å². The Bertz CT molecular complexity index is 881. The smallest absolute Gasteiger partial charge is 0.427 e. The summed E-state index contributed by atoms with van der Waals surface area (Å²) in [7, 11) is 1.80. The quantitative estimate of drug-likeness (QED) is 0.776. The molecule has 1 unspecified atom stereocenters. The van der Waals surface area contributed by atoms with Crippen LogP contribution in [0.15, 0.2) is 18.5 Å². The Morgan fingerprint density at radius 1 is 1.37 bits per heavy atom. The van der Waals surface area contributed by atoms with Crippen LogP contribution in [0, 0.1) is 6.92 Å². The van der Waals surface area contributed by atoms with Gasteiger partial charge in [0.15, 0.2) is 0 Å². The average molecular weight is 429 g/mol. The zero-order valence-corrected chi connectivity index (χ0v) is 16.5. The van der Waals surface area contributed by atoms with Crippen molar-refractivity contribution in [3.63, 3.8) is 0 Å². The van der Waals surface area contributed by atoms with Crippen LogP contribution in [-0.2, 0) is 11.8 Å². The third kappa shape index (κ3) is 4.99. The summed E-state index contributed by atoms with van der Waals surface area (Å²) in [6, 6.07) is 2.00. The first-order valence-electron chi connectivity index (χ1n) is 9.31. The third-order valence-corrected chi connectivity index (χ3v) is 4.76. The minimum absolute atomic E-state index is 0.153. The van der Waals surface area contributed by atoms with Crippen LogP contribution in [-0.4, -0.2) is 73.9 Å². The summed E-state index contributed by atoms with van der Waals surface area (Å²) in [5.74, 6) is 0. The number of piperidine rings is 1. The number of rotatable bonds is 5. The molecule has 1 aliphatic heterocycles. The van der Waals surface area contributed by atoms with Crippen LogP contribution in [0.4, 0.5) is 18.0 Å². The van der Waals surface area contributed by atoms with Crippen molar-refractivity contribution < 1.29 is 32.5 Å². The number of aromatic nitrogens is 4. The van der Waals surface area contributed by atoms with E-state index < -0.39 is 25.0 Å². The van der Waals surface area contributed by atoms with Gasteiger partial charge in [-0.25, -0.2) is 9.78 Å². The van der Waals surface area contributed by atoms with E-state index in [9.17, 15) is 18.0 Å². The van der Waals surface area contributed by atoms with Gasteiger partial charge >= 0.3 is 18.3 Å². The first-order chi connectivity index (χ1) is 14.2. The number of nitrogens with zero attached hydrogens (tertiary/aromatic N) is 5. The lowest BCUT2D eigenvalue weighted by atomic mass is 10.1. The van der Waals surface area contributed by atoms with Crippen LogP contribution < -0.4 is 4.74 Å². The lowest BCUT2D eigenvalue weighted by Gasteiger charge is -2.32. The minimum Gasteiger partial charge on any atom is -0.460 e. The fourth-order valence-electron chi connectivity index (χ4n) is 3.06. The number of aliphatic hydroxyl groups is 1. The molecule has 1 saturated heterocycles. The lowest BCUT2D eigenvalue weighted by molar-refractivity contribution is -0.214. The van der Waals surface area contributed by atoms with E-state index in [0.29, 0.717) is 18.5 Å². The summed E-state index contributed by atoms with van der Waals surface area (Å²) in [6.07, 6.45) is -4.71. The van der Waals surface area contributed by atoms with Crippen LogP contribution in [0.25, 0.3) is 11.4 Å². The number of carbonyl (C=O) groups excluding carboxylic acids is 1. The van der Waals surface area contributed by atoms with E-state index in [2.05, 4.69) is 19.8 Å². The topological polar surface area (TPSA) is 103 Å². The van der Waals surface area contributed by atoms with Gasteiger partial charge in [0, 0.05) is 45.4 Å². The molecule has 0 spiro atoms. The van der Waals surface area contributed by atoms with E-state index in [4.69, 9.17) is 9.84 Å². The van der Waals surface area contributed by atoms with E-state index in [1.165, 1.54) is 0 Å². The lowest BCUT2D eigenvalue weighted by Crippen LogP contribution is -2.46. The van der Waals surface area contributed by atoms with Crippen LogP contribution in [0.3, 0.4) is 0 Å². The van der Waals surface area contributed by atoms with Crippen molar-refractivity contribution in [3.05, 3.63) is 24.0 Å². The largest absolute Gasteiger partial charge is 0.460 e. The SMILES string of the molecule is Cc1cnc(OC2CCN(C(=O)OC(CO)C(F)(F)F)CC2)nc1-c1ccnn1C. The van der Waals surface area contributed by atoms with Gasteiger partial charge in [-0.05, 0) is 18.6 Å². The second-order valence-corrected chi connectivity index (χ2v) is 6.93. The molecule has 1 atom stereocenters. The maximum atomic E-state index is 12.6. The van der Waals surface area contributed by atoms with Crippen LogP contribution >= 0.6 is 0 Å². The Balaban J connectivity index is 1.58. The van der Waals surface area contributed by atoms with Gasteiger partial charge < -0.3 is 19.5 Å². The van der Waals surface area contributed by atoms with Crippen molar-refractivity contribution in [2.75, 3.05) is 19.7 Å². The Morgan fingerprint density at radius 3 is 2.63 bits per heavy atom. The number of aliphatic hydroxyl groups excluding tert-OH is 1. The van der Waals surface area contributed by atoms with Crippen LogP contribution in [0.1, 0.15) is 18.4 Å². The van der Waals surface area contributed by atoms with Crippen molar-refractivity contribution in [3.8, 4) is 17.4 Å². The first-order valence-corrected chi connectivity index (χ1v) is 9.31. The standard InChI is InChI=1S/C18H22F3N5O4/c1-11-9-22-16(24-15(11)13-3-6-23-25(13)2)29-12-4-7-26(8-5-12)17(28)30-14(10-27)18(19,20)21/h3,6,9,12,14,27H,4-5,7-8,10H2,1-2H3. The molecule has 2 aromatic rings. The van der Waals surface area contributed by atoms with Crippen molar-refractivity contribution in [1.82, 2.24) is 24.6 Å². The first kappa shape index (κ1) is 21.8. The van der Waals surface area contributed by atoms with Crippen molar-refractivity contribution in [2.24, 2.45) is 7.05 Å². The summed E-state index contributed by atoms with van der Waals surface area (Å²) in [5.41, 5.74) is 2.34. The molecule has 12 heteroatoms. The summed E-state index contributed by atoms with van der Waals surface area (Å²) in [4.78, 5) is 21.7.